The lowest BCUT2D eigenvalue weighted by molar-refractivity contribution is -0.140. The van der Waals surface area contributed by atoms with Gasteiger partial charge in [-0.2, -0.15) is 18.3 Å². The molecule has 10 heteroatoms. The van der Waals surface area contributed by atoms with Crippen LogP contribution in [0.2, 0.25) is 0 Å². The molecule has 3 rings (SSSR count). The van der Waals surface area contributed by atoms with Gasteiger partial charge in [0, 0.05) is 0 Å². The third-order valence-electron chi connectivity index (χ3n) is 3.04. The third-order valence-corrected chi connectivity index (χ3v) is 3.91. The third kappa shape index (κ3) is 3.12. The largest absolute Gasteiger partial charge is 0.435 e. The molecule has 0 unspecified atom stereocenters. The molecule has 2 aromatic heterocycles. The van der Waals surface area contributed by atoms with Crippen molar-refractivity contribution in [2.24, 2.45) is 10.3 Å². The summed E-state index contributed by atoms with van der Waals surface area (Å²) >= 11 is 1.29. The first-order chi connectivity index (χ1) is 10.6. The van der Waals surface area contributed by atoms with Crippen molar-refractivity contribution in [1.82, 2.24) is 15.2 Å². The first kappa shape index (κ1) is 15.0. The molecule has 1 saturated heterocycles. The summed E-state index contributed by atoms with van der Waals surface area (Å²) < 4.78 is 44.4. The highest BCUT2D eigenvalue weighted by Gasteiger charge is 2.38. The van der Waals surface area contributed by atoms with Crippen LogP contribution in [0.1, 0.15) is 5.69 Å². The van der Waals surface area contributed by atoms with E-state index < -0.39 is 11.9 Å². The van der Waals surface area contributed by atoms with Crippen molar-refractivity contribution >= 4 is 17.0 Å². The van der Waals surface area contributed by atoms with Gasteiger partial charge in [0.2, 0.25) is 0 Å². The van der Waals surface area contributed by atoms with Crippen molar-refractivity contribution in [2.75, 3.05) is 26.3 Å². The van der Waals surface area contributed by atoms with Gasteiger partial charge >= 0.3 is 6.18 Å². The molecule has 1 aliphatic rings. The van der Waals surface area contributed by atoms with E-state index in [0.29, 0.717) is 31.2 Å². The molecule has 2 aromatic rings. The van der Waals surface area contributed by atoms with E-state index in [1.807, 2.05) is 5.10 Å². The molecule has 3 heterocycles. The Bertz CT molecular complexity index is 646. The molecule has 0 radical (unpaired) electrons. The molecule has 1 fully saturated rings. The minimum Gasteiger partial charge on any atom is -0.378 e. The van der Waals surface area contributed by atoms with Crippen molar-refractivity contribution in [3.8, 4) is 10.6 Å². The topological polar surface area (TPSA) is 65.9 Å². The van der Waals surface area contributed by atoms with E-state index in [9.17, 15) is 13.2 Å². The predicted molar refractivity (Wildman–Crippen MR) is 73.8 cm³/mol. The van der Waals surface area contributed by atoms with Crippen LogP contribution in [0.15, 0.2) is 27.9 Å². The molecule has 0 aliphatic carbocycles. The van der Waals surface area contributed by atoms with E-state index in [1.165, 1.54) is 11.3 Å². The number of hydrogen-bond donors (Lipinski definition) is 1. The fraction of sp³-hybridized carbons (Fsp3) is 0.417. The lowest BCUT2D eigenvalue weighted by Gasteiger charge is -2.22. The van der Waals surface area contributed by atoms with Crippen LogP contribution < -0.4 is 0 Å². The molecule has 0 atom stereocenters. The Balaban J connectivity index is 1.95. The van der Waals surface area contributed by atoms with Gasteiger partial charge in [-0.15, -0.1) is 16.5 Å². The van der Waals surface area contributed by atoms with Gasteiger partial charge in [0.25, 0.3) is 0 Å². The molecule has 0 saturated carbocycles. The maximum absolute atomic E-state index is 13.1. The Kier molecular flexibility index (Phi) is 4.12. The average Bonchev–Trinajstić information content (AvgIpc) is 3.14. The van der Waals surface area contributed by atoms with E-state index in [1.54, 1.807) is 22.5 Å². The molecule has 0 aromatic carbocycles. The fourth-order valence-electron chi connectivity index (χ4n) is 1.97. The number of aromatic amines is 1. The number of H-pyrrole nitrogens is 1. The van der Waals surface area contributed by atoms with Crippen LogP contribution in [0.3, 0.4) is 0 Å². The highest BCUT2D eigenvalue weighted by molar-refractivity contribution is 7.13. The van der Waals surface area contributed by atoms with Crippen molar-refractivity contribution in [3.63, 3.8) is 0 Å². The zero-order chi connectivity index (χ0) is 15.6. The summed E-state index contributed by atoms with van der Waals surface area (Å²) in [7, 11) is 0. The van der Waals surface area contributed by atoms with E-state index >= 15 is 0 Å². The normalized spacial score (nSPS) is 16.6. The Morgan fingerprint density at radius 2 is 2.09 bits per heavy atom. The molecule has 6 nitrogen and oxygen atoms in total. The van der Waals surface area contributed by atoms with Crippen molar-refractivity contribution < 1.29 is 17.9 Å². The molecular formula is C12H12F3N5OS. The second-order valence-electron chi connectivity index (χ2n) is 4.53. The number of ether oxygens (including phenoxy) is 1. The van der Waals surface area contributed by atoms with Crippen molar-refractivity contribution in [3.05, 3.63) is 23.2 Å². The summed E-state index contributed by atoms with van der Waals surface area (Å²) in [5.74, 6) is 0. The Hall–Kier alpha value is -1.94. The molecule has 0 bridgehead atoms. The van der Waals surface area contributed by atoms with Gasteiger partial charge in [0.15, 0.2) is 5.69 Å². The summed E-state index contributed by atoms with van der Waals surface area (Å²) in [6.07, 6.45) is -4.57. The molecule has 1 aliphatic heterocycles. The van der Waals surface area contributed by atoms with Crippen molar-refractivity contribution in [2.45, 2.75) is 6.18 Å². The first-order valence-electron chi connectivity index (χ1n) is 6.49. The molecule has 1 N–H and O–H groups in total. The minimum absolute atomic E-state index is 0.152. The minimum atomic E-state index is -4.57. The van der Waals surface area contributed by atoms with Gasteiger partial charge in [-0.3, -0.25) is 10.1 Å². The van der Waals surface area contributed by atoms with Gasteiger partial charge in [0.05, 0.1) is 31.2 Å². The summed E-state index contributed by atoms with van der Waals surface area (Å²) in [6.45, 7) is 1.96. The number of morpholine rings is 1. The second kappa shape index (κ2) is 6.05. The monoisotopic (exact) mass is 331 g/mol. The first-order valence-corrected chi connectivity index (χ1v) is 7.37. The standard InChI is InChI=1S/C12H12F3N5OS/c13-12(14,15)11-10(17-19-20-3-5-21-6-4-20)9(16-18-11)8-2-1-7-22-8/h1-2,7H,3-6H2,(H,16,18). The maximum atomic E-state index is 13.1. The number of halogens is 3. The highest BCUT2D eigenvalue weighted by Crippen LogP contribution is 2.41. The summed E-state index contributed by atoms with van der Waals surface area (Å²) in [5, 5.41) is 16.8. The maximum Gasteiger partial charge on any atom is 0.435 e. The van der Waals surface area contributed by atoms with Crippen LogP contribution >= 0.6 is 11.3 Å². The SMILES string of the molecule is FC(F)(F)c1[nH]nc(-c2cccs2)c1N=NN1CCOCC1. The van der Waals surface area contributed by atoms with Crippen LogP contribution in [0.4, 0.5) is 18.9 Å². The van der Waals surface area contributed by atoms with Gasteiger partial charge in [-0.05, 0) is 11.4 Å². The van der Waals surface area contributed by atoms with Crippen LogP contribution in [-0.2, 0) is 10.9 Å². The fourth-order valence-corrected chi connectivity index (χ4v) is 2.68. The molecule has 0 spiro atoms. The number of alkyl halides is 3. The van der Waals surface area contributed by atoms with Crippen molar-refractivity contribution in [1.29, 1.82) is 0 Å². The van der Waals surface area contributed by atoms with E-state index in [2.05, 4.69) is 15.4 Å². The smallest absolute Gasteiger partial charge is 0.378 e. The van der Waals surface area contributed by atoms with Crippen LogP contribution in [0, 0.1) is 0 Å². The Morgan fingerprint density at radius 3 is 2.73 bits per heavy atom. The number of rotatable bonds is 3. The summed E-state index contributed by atoms with van der Waals surface area (Å²) in [6, 6.07) is 3.43. The van der Waals surface area contributed by atoms with E-state index in [4.69, 9.17) is 4.74 Å². The van der Waals surface area contributed by atoms with Gasteiger partial charge < -0.3 is 4.74 Å². The summed E-state index contributed by atoms with van der Waals surface area (Å²) in [5.41, 5.74) is -1.13. The number of nitrogens with one attached hydrogen (secondary N) is 1. The zero-order valence-corrected chi connectivity index (χ0v) is 12.1. The predicted octanol–water partition coefficient (Wildman–Crippen LogP) is 3.49. The molecule has 0 amide bonds. The molecular weight excluding hydrogens is 319 g/mol. The lowest BCUT2D eigenvalue weighted by atomic mass is 10.2. The number of hydrogen-bond acceptors (Lipinski definition) is 5. The van der Waals surface area contributed by atoms with E-state index in [-0.39, 0.29) is 11.4 Å². The summed E-state index contributed by atoms with van der Waals surface area (Å²) in [4.78, 5) is 0.600. The number of nitrogens with zero attached hydrogens (tertiary/aromatic N) is 4. The van der Waals surface area contributed by atoms with Crippen LogP contribution in [0.5, 0.6) is 0 Å². The number of aromatic nitrogens is 2. The zero-order valence-electron chi connectivity index (χ0n) is 11.3. The average molecular weight is 331 g/mol. The van der Waals surface area contributed by atoms with Crippen LogP contribution in [0.25, 0.3) is 10.6 Å². The Labute approximate surface area is 127 Å². The van der Waals surface area contributed by atoms with Gasteiger partial charge in [-0.1, -0.05) is 11.3 Å². The van der Waals surface area contributed by atoms with E-state index in [0.717, 1.165) is 0 Å². The van der Waals surface area contributed by atoms with Crippen LogP contribution in [-0.4, -0.2) is 41.5 Å². The van der Waals surface area contributed by atoms with Gasteiger partial charge in [0.1, 0.15) is 11.4 Å². The highest BCUT2D eigenvalue weighted by atomic mass is 32.1. The Morgan fingerprint density at radius 1 is 1.32 bits per heavy atom. The lowest BCUT2D eigenvalue weighted by Crippen LogP contribution is -2.31. The number of thiophene rings is 1. The molecule has 22 heavy (non-hydrogen) atoms. The second-order valence-corrected chi connectivity index (χ2v) is 5.47. The van der Waals surface area contributed by atoms with Gasteiger partial charge in [-0.25, -0.2) is 0 Å². The quantitative estimate of drug-likeness (QED) is 0.876. The molecule has 118 valence electrons.